The van der Waals surface area contributed by atoms with E-state index in [9.17, 15) is 27.2 Å². The van der Waals surface area contributed by atoms with Gasteiger partial charge in [0.25, 0.3) is 0 Å². The molecule has 2 aliphatic rings. The van der Waals surface area contributed by atoms with Crippen molar-refractivity contribution in [3.05, 3.63) is 94.2 Å². The fourth-order valence-corrected chi connectivity index (χ4v) is 5.51. The lowest BCUT2D eigenvalue weighted by molar-refractivity contribution is -0.138. The number of nitrogens with zero attached hydrogens (tertiary/aromatic N) is 5. The van der Waals surface area contributed by atoms with Crippen molar-refractivity contribution < 1.29 is 27.2 Å². The number of carbonyl (C=O) groups is 2. The molecule has 14 heteroatoms. The van der Waals surface area contributed by atoms with Crippen LogP contribution in [0, 0.1) is 11.7 Å². The molecule has 9 nitrogen and oxygen atoms in total. The molecule has 2 bridgehead atoms. The van der Waals surface area contributed by atoms with Crippen molar-refractivity contribution in [2.75, 3.05) is 6.54 Å². The largest absolute Gasteiger partial charge is 0.417 e. The number of hydrogen-bond donors (Lipinski definition) is 2. The molecule has 2 unspecified atom stereocenters. The van der Waals surface area contributed by atoms with E-state index in [2.05, 4.69) is 25.3 Å². The van der Waals surface area contributed by atoms with Gasteiger partial charge in [0.1, 0.15) is 12.1 Å². The summed E-state index contributed by atoms with van der Waals surface area (Å²) in [6.45, 7) is 1.77. The molecule has 2 aromatic heterocycles. The standard InChI is InChI=1S/C31H28ClF4N7O2/c1-17-3-2-4-25(43-10-8-18(12-26(43)44)27-21(31(34,35)36)5-6-22(32)28(27)33)23-11-19(7-9-40-23)29(37)24(42-30(17)45)15-41-20-13-38-16-39-14-20/h5-7,9,11-17,25H,2-4,8,10,37H2,1H3,(H,42,45). The van der Waals surface area contributed by atoms with E-state index >= 15 is 0 Å². The van der Waals surface area contributed by atoms with Crippen LogP contribution in [0.1, 0.15) is 61.0 Å². The van der Waals surface area contributed by atoms with E-state index in [1.54, 1.807) is 19.1 Å². The van der Waals surface area contributed by atoms with Crippen LogP contribution in [0.25, 0.3) is 11.3 Å². The van der Waals surface area contributed by atoms with Crippen molar-refractivity contribution in [1.29, 1.82) is 0 Å². The third kappa shape index (κ3) is 7.03. The molecule has 0 aliphatic carbocycles. The number of aliphatic imine (C=N–C) groups is 1. The molecule has 1 aromatic carbocycles. The summed E-state index contributed by atoms with van der Waals surface area (Å²) < 4.78 is 56.3. The molecule has 3 aromatic rings. The zero-order valence-electron chi connectivity index (χ0n) is 24.0. The SMILES string of the molecule is CC1CCCC(N2CCC(c3c(C(F)(F)F)ccc(Cl)c3F)=CC2=O)c2cc(ccn2)C(N)=C(C=Nc2cncnc2)NC1=O. The monoisotopic (exact) mass is 641 g/mol. The Balaban J connectivity index is 1.52. The first-order valence-electron chi connectivity index (χ1n) is 14.1. The number of hydrogen-bond acceptors (Lipinski definition) is 7. The van der Waals surface area contributed by atoms with Crippen molar-refractivity contribution in [3.63, 3.8) is 0 Å². The van der Waals surface area contributed by atoms with Crippen molar-refractivity contribution in [2.24, 2.45) is 16.6 Å². The van der Waals surface area contributed by atoms with Gasteiger partial charge >= 0.3 is 6.18 Å². The third-order valence-electron chi connectivity index (χ3n) is 7.73. The van der Waals surface area contributed by atoms with Crippen molar-refractivity contribution in [2.45, 2.75) is 44.8 Å². The highest BCUT2D eigenvalue weighted by Gasteiger charge is 2.38. The minimum absolute atomic E-state index is 0.00288. The Morgan fingerprint density at radius 1 is 1.16 bits per heavy atom. The number of pyridine rings is 1. The van der Waals surface area contributed by atoms with Crippen LogP contribution in [0.15, 0.2) is 65.9 Å². The number of fused-ring (bicyclic) bond motifs is 2. The second-order valence-corrected chi connectivity index (χ2v) is 11.1. The molecule has 2 atom stereocenters. The highest BCUT2D eigenvalue weighted by molar-refractivity contribution is 6.31. The maximum Gasteiger partial charge on any atom is 0.417 e. The first kappa shape index (κ1) is 31.8. The summed E-state index contributed by atoms with van der Waals surface area (Å²) in [7, 11) is 0. The molecule has 234 valence electrons. The number of nitrogens with two attached hydrogens (primary N) is 1. The third-order valence-corrected chi connectivity index (χ3v) is 8.03. The number of allylic oxidation sites excluding steroid dienone is 1. The van der Waals surface area contributed by atoms with Crippen LogP contribution in [0.5, 0.6) is 0 Å². The van der Waals surface area contributed by atoms with Gasteiger partial charge in [-0.2, -0.15) is 13.2 Å². The number of rotatable bonds is 4. The molecule has 0 radical (unpaired) electrons. The second-order valence-electron chi connectivity index (χ2n) is 10.7. The van der Waals surface area contributed by atoms with E-state index in [1.165, 1.54) is 36.0 Å². The van der Waals surface area contributed by atoms with Crippen molar-refractivity contribution in [1.82, 2.24) is 25.2 Å². The van der Waals surface area contributed by atoms with E-state index in [0.717, 1.165) is 12.1 Å². The van der Waals surface area contributed by atoms with Gasteiger partial charge < -0.3 is 16.0 Å². The van der Waals surface area contributed by atoms with E-state index in [0.29, 0.717) is 42.3 Å². The van der Waals surface area contributed by atoms with Gasteiger partial charge in [-0.1, -0.05) is 24.9 Å². The quantitative estimate of drug-likeness (QED) is 0.266. The smallest absolute Gasteiger partial charge is 0.397 e. The Morgan fingerprint density at radius 3 is 2.62 bits per heavy atom. The highest BCUT2D eigenvalue weighted by Crippen LogP contribution is 2.41. The molecule has 5 rings (SSSR count). The van der Waals surface area contributed by atoms with Crippen LogP contribution >= 0.6 is 11.6 Å². The number of halogens is 5. The van der Waals surface area contributed by atoms with E-state index in [-0.39, 0.29) is 35.8 Å². The van der Waals surface area contributed by atoms with Crippen LogP contribution in [-0.2, 0) is 15.8 Å². The van der Waals surface area contributed by atoms with Gasteiger partial charge in [0.2, 0.25) is 11.8 Å². The molecule has 45 heavy (non-hydrogen) atoms. The number of amides is 2. The van der Waals surface area contributed by atoms with Crippen LogP contribution in [0.3, 0.4) is 0 Å². The predicted octanol–water partition coefficient (Wildman–Crippen LogP) is 6.01. The Morgan fingerprint density at radius 2 is 1.91 bits per heavy atom. The molecular weight excluding hydrogens is 614 g/mol. The molecule has 4 heterocycles. The summed E-state index contributed by atoms with van der Waals surface area (Å²) in [6.07, 6.45) is 4.81. The van der Waals surface area contributed by atoms with Crippen LogP contribution in [0.4, 0.5) is 23.2 Å². The van der Waals surface area contributed by atoms with E-state index in [1.807, 2.05) is 0 Å². The average molecular weight is 642 g/mol. The topological polar surface area (TPSA) is 126 Å². The van der Waals surface area contributed by atoms with Gasteiger partial charge in [-0.15, -0.1) is 0 Å². The van der Waals surface area contributed by atoms with Crippen LogP contribution < -0.4 is 11.1 Å². The zero-order chi connectivity index (χ0) is 32.3. The fourth-order valence-electron chi connectivity index (χ4n) is 5.35. The lowest BCUT2D eigenvalue weighted by Gasteiger charge is -2.35. The number of nitrogens with one attached hydrogen (secondary N) is 1. The maximum atomic E-state index is 15.0. The number of aromatic nitrogens is 3. The maximum absolute atomic E-state index is 15.0. The zero-order valence-corrected chi connectivity index (χ0v) is 24.7. The van der Waals surface area contributed by atoms with Gasteiger partial charge in [-0.3, -0.25) is 19.6 Å². The Kier molecular flexibility index (Phi) is 9.28. The molecule has 2 amide bonds. The normalized spacial score (nSPS) is 20.0. The number of carbonyl (C=O) groups excluding carboxylic acids is 2. The fraction of sp³-hybridized carbons (Fsp3) is 0.290. The lowest BCUT2D eigenvalue weighted by Crippen LogP contribution is -2.38. The Bertz CT molecular complexity index is 1710. The van der Waals surface area contributed by atoms with Gasteiger partial charge in [0.15, 0.2) is 0 Å². The Labute approximate surface area is 260 Å². The molecule has 0 fully saturated rings. The van der Waals surface area contributed by atoms with E-state index < -0.39 is 46.0 Å². The first-order valence-corrected chi connectivity index (χ1v) is 14.4. The number of alkyl halides is 3. The summed E-state index contributed by atoms with van der Waals surface area (Å²) in [5, 5.41) is 2.38. The van der Waals surface area contributed by atoms with Crippen LogP contribution in [0.2, 0.25) is 5.02 Å². The van der Waals surface area contributed by atoms with Gasteiger partial charge in [-0.25, -0.2) is 14.4 Å². The molecule has 0 saturated carbocycles. The summed E-state index contributed by atoms with van der Waals surface area (Å²) >= 11 is 5.83. The minimum atomic E-state index is -4.85. The minimum Gasteiger partial charge on any atom is -0.397 e. The van der Waals surface area contributed by atoms with Gasteiger partial charge in [0, 0.05) is 35.9 Å². The average Bonchev–Trinajstić information content (AvgIpc) is 3.02. The second kappa shape index (κ2) is 13.1. The Hall–Kier alpha value is -4.65. The number of benzene rings is 1. The summed E-state index contributed by atoms with van der Waals surface area (Å²) in [6, 6.07) is 4.30. The molecular formula is C31H28ClF4N7O2. The van der Waals surface area contributed by atoms with Gasteiger partial charge in [0.05, 0.1) is 58.0 Å². The van der Waals surface area contributed by atoms with Gasteiger partial charge in [-0.05, 0) is 49.1 Å². The predicted molar refractivity (Wildman–Crippen MR) is 160 cm³/mol. The van der Waals surface area contributed by atoms with Crippen LogP contribution in [-0.4, -0.2) is 44.4 Å². The van der Waals surface area contributed by atoms with Crippen molar-refractivity contribution >= 4 is 46.6 Å². The highest BCUT2D eigenvalue weighted by atomic mass is 35.5. The first-order chi connectivity index (χ1) is 21.4. The summed E-state index contributed by atoms with van der Waals surface area (Å²) in [5.74, 6) is -2.53. The molecule has 0 spiro atoms. The molecule has 2 aliphatic heterocycles. The van der Waals surface area contributed by atoms with E-state index in [4.69, 9.17) is 17.3 Å². The lowest BCUT2D eigenvalue weighted by atomic mass is 9.91. The van der Waals surface area contributed by atoms with Crippen molar-refractivity contribution in [3.8, 4) is 0 Å². The molecule has 3 N–H and O–H groups in total. The summed E-state index contributed by atoms with van der Waals surface area (Å²) in [4.78, 5) is 44.8. The summed E-state index contributed by atoms with van der Waals surface area (Å²) in [5.41, 5.74) is 6.39. The molecule has 0 saturated heterocycles.